The van der Waals surface area contributed by atoms with E-state index in [0.717, 1.165) is 39.3 Å². The van der Waals surface area contributed by atoms with Gasteiger partial charge in [0.25, 0.3) is 0 Å². The highest BCUT2D eigenvalue weighted by Gasteiger charge is 2.27. The van der Waals surface area contributed by atoms with Gasteiger partial charge in [-0.2, -0.15) is 0 Å². The van der Waals surface area contributed by atoms with Crippen molar-refractivity contribution in [2.75, 3.05) is 39.8 Å². The molecule has 0 spiro atoms. The van der Waals surface area contributed by atoms with Crippen LogP contribution in [-0.4, -0.2) is 55.5 Å². The van der Waals surface area contributed by atoms with Gasteiger partial charge in [0.1, 0.15) is 0 Å². The Morgan fingerprint density at radius 1 is 1.39 bits per heavy atom. The standard InChI is InChI=1S/C19H31N3O/c1-4-22(19(23)16(2)12-20-3)15-18-10-11-21(14-18)13-17-8-6-5-7-9-17/h5-9,16,18,20H,4,10-15H2,1-3H3. The fourth-order valence-corrected chi connectivity index (χ4v) is 3.44. The average molecular weight is 317 g/mol. The lowest BCUT2D eigenvalue weighted by molar-refractivity contribution is -0.135. The van der Waals surface area contributed by atoms with Gasteiger partial charge in [-0.05, 0) is 38.4 Å². The fraction of sp³-hybridized carbons (Fsp3) is 0.632. The minimum absolute atomic E-state index is 0.0572. The van der Waals surface area contributed by atoms with E-state index in [1.165, 1.54) is 12.0 Å². The lowest BCUT2D eigenvalue weighted by Gasteiger charge is -2.27. The van der Waals surface area contributed by atoms with Crippen LogP contribution in [0.25, 0.3) is 0 Å². The molecule has 0 aliphatic carbocycles. The SMILES string of the molecule is CCN(CC1CCN(Cc2ccccc2)C1)C(=O)C(C)CNC. The minimum Gasteiger partial charge on any atom is -0.342 e. The predicted molar refractivity (Wildman–Crippen MR) is 95.2 cm³/mol. The molecule has 1 aromatic rings. The maximum atomic E-state index is 12.5. The summed E-state index contributed by atoms with van der Waals surface area (Å²) >= 11 is 0. The highest BCUT2D eigenvalue weighted by Crippen LogP contribution is 2.20. The molecule has 1 fully saturated rings. The van der Waals surface area contributed by atoms with Gasteiger partial charge in [0.15, 0.2) is 0 Å². The van der Waals surface area contributed by atoms with E-state index in [0.29, 0.717) is 5.92 Å². The molecule has 1 amide bonds. The second-order valence-electron chi connectivity index (χ2n) is 6.71. The Balaban J connectivity index is 1.82. The Morgan fingerprint density at radius 2 is 2.13 bits per heavy atom. The largest absolute Gasteiger partial charge is 0.342 e. The van der Waals surface area contributed by atoms with Crippen LogP contribution in [0.4, 0.5) is 0 Å². The van der Waals surface area contributed by atoms with E-state index in [9.17, 15) is 4.79 Å². The molecule has 4 heteroatoms. The number of carbonyl (C=O) groups is 1. The number of amides is 1. The molecule has 2 rings (SSSR count). The summed E-state index contributed by atoms with van der Waals surface area (Å²) in [6.07, 6.45) is 1.19. The Kier molecular flexibility index (Phi) is 7.06. The van der Waals surface area contributed by atoms with Gasteiger partial charge in [-0.15, -0.1) is 0 Å². The second-order valence-corrected chi connectivity index (χ2v) is 6.71. The van der Waals surface area contributed by atoms with Crippen molar-refractivity contribution in [2.24, 2.45) is 11.8 Å². The number of nitrogens with zero attached hydrogens (tertiary/aromatic N) is 2. The van der Waals surface area contributed by atoms with Crippen LogP contribution < -0.4 is 5.32 Å². The van der Waals surface area contributed by atoms with Crippen LogP contribution in [0.3, 0.4) is 0 Å². The van der Waals surface area contributed by atoms with Crippen LogP contribution in [0.15, 0.2) is 30.3 Å². The van der Waals surface area contributed by atoms with Gasteiger partial charge in [0.2, 0.25) is 5.91 Å². The lowest BCUT2D eigenvalue weighted by Crippen LogP contribution is -2.41. The van der Waals surface area contributed by atoms with Crippen LogP contribution in [-0.2, 0) is 11.3 Å². The Labute approximate surface area is 140 Å². The minimum atomic E-state index is 0.0572. The molecule has 0 aromatic heterocycles. The van der Waals surface area contributed by atoms with Crippen molar-refractivity contribution in [1.29, 1.82) is 0 Å². The predicted octanol–water partition coefficient (Wildman–Crippen LogP) is 2.21. The van der Waals surface area contributed by atoms with E-state index in [2.05, 4.69) is 47.5 Å². The molecule has 1 heterocycles. The van der Waals surface area contributed by atoms with Crippen molar-refractivity contribution >= 4 is 5.91 Å². The molecule has 1 aliphatic rings. The van der Waals surface area contributed by atoms with Gasteiger partial charge in [-0.3, -0.25) is 9.69 Å². The summed E-state index contributed by atoms with van der Waals surface area (Å²) in [5.74, 6) is 0.939. The Morgan fingerprint density at radius 3 is 2.78 bits per heavy atom. The van der Waals surface area contributed by atoms with Crippen LogP contribution in [0, 0.1) is 11.8 Å². The van der Waals surface area contributed by atoms with Gasteiger partial charge in [-0.1, -0.05) is 37.3 Å². The van der Waals surface area contributed by atoms with E-state index in [4.69, 9.17) is 0 Å². The van der Waals surface area contributed by atoms with Gasteiger partial charge >= 0.3 is 0 Å². The summed E-state index contributed by atoms with van der Waals surface area (Å²) in [4.78, 5) is 17.0. The van der Waals surface area contributed by atoms with Gasteiger partial charge < -0.3 is 10.2 Å². The zero-order valence-electron chi connectivity index (χ0n) is 14.8. The molecule has 1 N–H and O–H groups in total. The first-order valence-corrected chi connectivity index (χ1v) is 8.83. The quantitative estimate of drug-likeness (QED) is 0.798. The highest BCUT2D eigenvalue weighted by molar-refractivity contribution is 5.78. The van der Waals surface area contributed by atoms with Crippen LogP contribution in [0.2, 0.25) is 0 Å². The molecule has 1 aliphatic heterocycles. The van der Waals surface area contributed by atoms with Crippen LogP contribution in [0.5, 0.6) is 0 Å². The van der Waals surface area contributed by atoms with Gasteiger partial charge in [0.05, 0.1) is 0 Å². The van der Waals surface area contributed by atoms with Crippen LogP contribution in [0.1, 0.15) is 25.8 Å². The Bertz CT molecular complexity index is 477. The molecule has 0 radical (unpaired) electrons. The van der Waals surface area contributed by atoms with E-state index in [1.54, 1.807) is 0 Å². The first kappa shape index (κ1) is 18.0. The normalized spacial score (nSPS) is 19.7. The smallest absolute Gasteiger partial charge is 0.226 e. The molecule has 0 saturated carbocycles. The third kappa shape index (κ3) is 5.33. The number of hydrogen-bond donors (Lipinski definition) is 1. The zero-order chi connectivity index (χ0) is 16.7. The number of likely N-dealkylation sites (tertiary alicyclic amines) is 1. The van der Waals surface area contributed by atoms with Crippen molar-refractivity contribution in [3.63, 3.8) is 0 Å². The van der Waals surface area contributed by atoms with E-state index in [1.807, 2.05) is 18.9 Å². The first-order valence-electron chi connectivity index (χ1n) is 8.83. The molecule has 2 atom stereocenters. The molecule has 1 saturated heterocycles. The Hall–Kier alpha value is -1.39. The summed E-state index contributed by atoms with van der Waals surface area (Å²) in [5.41, 5.74) is 1.37. The number of nitrogens with one attached hydrogen (secondary N) is 1. The van der Waals surface area contributed by atoms with E-state index in [-0.39, 0.29) is 11.8 Å². The fourth-order valence-electron chi connectivity index (χ4n) is 3.44. The summed E-state index contributed by atoms with van der Waals surface area (Å²) < 4.78 is 0. The number of hydrogen-bond acceptors (Lipinski definition) is 3. The topological polar surface area (TPSA) is 35.6 Å². The molecular weight excluding hydrogens is 286 g/mol. The number of benzene rings is 1. The number of carbonyl (C=O) groups excluding carboxylic acids is 1. The lowest BCUT2D eigenvalue weighted by atomic mass is 10.1. The first-order chi connectivity index (χ1) is 11.1. The van der Waals surface area contributed by atoms with Crippen molar-refractivity contribution in [1.82, 2.24) is 15.1 Å². The zero-order valence-corrected chi connectivity index (χ0v) is 14.8. The van der Waals surface area contributed by atoms with Gasteiger partial charge in [-0.25, -0.2) is 0 Å². The van der Waals surface area contributed by atoms with E-state index < -0.39 is 0 Å². The van der Waals surface area contributed by atoms with Gasteiger partial charge in [0, 0.05) is 38.6 Å². The third-order valence-electron chi connectivity index (χ3n) is 4.72. The maximum absolute atomic E-state index is 12.5. The van der Waals surface area contributed by atoms with Crippen molar-refractivity contribution in [3.05, 3.63) is 35.9 Å². The van der Waals surface area contributed by atoms with Crippen LogP contribution >= 0.6 is 0 Å². The highest BCUT2D eigenvalue weighted by atomic mass is 16.2. The molecule has 128 valence electrons. The van der Waals surface area contributed by atoms with Crippen molar-refractivity contribution in [2.45, 2.75) is 26.8 Å². The molecule has 2 unspecified atom stereocenters. The second kappa shape index (κ2) is 9.04. The summed E-state index contributed by atoms with van der Waals surface area (Å²) in [5, 5.41) is 3.10. The monoisotopic (exact) mass is 317 g/mol. The van der Waals surface area contributed by atoms with E-state index >= 15 is 0 Å². The maximum Gasteiger partial charge on any atom is 0.226 e. The average Bonchev–Trinajstić information content (AvgIpc) is 3.00. The summed E-state index contributed by atoms with van der Waals surface area (Å²) in [7, 11) is 1.90. The number of rotatable bonds is 8. The summed E-state index contributed by atoms with van der Waals surface area (Å²) in [6.45, 7) is 9.81. The van der Waals surface area contributed by atoms with Crippen molar-refractivity contribution in [3.8, 4) is 0 Å². The molecule has 0 bridgehead atoms. The summed E-state index contributed by atoms with van der Waals surface area (Å²) in [6, 6.07) is 10.6. The molecular formula is C19H31N3O. The van der Waals surface area contributed by atoms with Crippen molar-refractivity contribution < 1.29 is 4.79 Å². The third-order valence-corrected chi connectivity index (χ3v) is 4.72. The molecule has 1 aromatic carbocycles. The molecule has 23 heavy (non-hydrogen) atoms. The molecule has 4 nitrogen and oxygen atoms in total.